The molecule has 0 aliphatic rings. The van der Waals surface area contributed by atoms with Gasteiger partial charge in [-0.15, -0.1) is 0 Å². The Hall–Kier alpha value is -1.95. The maximum absolute atomic E-state index is 13.3. The summed E-state index contributed by atoms with van der Waals surface area (Å²) in [6.45, 7) is 1.71. The molecular weight excluding hydrogens is 313 g/mol. The summed E-state index contributed by atoms with van der Waals surface area (Å²) in [5, 5.41) is 2.68. The van der Waals surface area contributed by atoms with E-state index in [4.69, 9.17) is 5.73 Å². The summed E-state index contributed by atoms with van der Waals surface area (Å²) in [6, 6.07) is 5.98. The van der Waals surface area contributed by atoms with Crippen LogP contribution < -0.4 is 11.1 Å². The molecule has 1 aromatic heterocycles. The SMILES string of the molecule is Cc1cc(F)c(Br)cc1NC(=O)c1ccc(N)cn1. The number of nitrogen functional groups attached to an aromatic ring is 1. The summed E-state index contributed by atoms with van der Waals surface area (Å²) in [4.78, 5) is 15.9. The maximum Gasteiger partial charge on any atom is 0.274 e. The van der Waals surface area contributed by atoms with Crippen LogP contribution in [-0.4, -0.2) is 10.9 Å². The fraction of sp³-hybridized carbons (Fsp3) is 0.0769. The molecular formula is C13H11BrFN3O. The van der Waals surface area contributed by atoms with Gasteiger partial charge in [0.15, 0.2) is 0 Å². The molecule has 1 aromatic carbocycles. The third-order valence-electron chi connectivity index (χ3n) is 2.53. The number of rotatable bonds is 2. The number of nitrogens with zero attached hydrogens (tertiary/aromatic N) is 1. The first-order valence-electron chi connectivity index (χ1n) is 5.46. The highest BCUT2D eigenvalue weighted by molar-refractivity contribution is 9.10. The Labute approximate surface area is 118 Å². The van der Waals surface area contributed by atoms with Gasteiger partial charge in [-0.2, -0.15) is 0 Å². The number of aryl methyl sites for hydroxylation is 1. The number of aromatic nitrogens is 1. The third kappa shape index (κ3) is 3.08. The van der Waals surface area contributed by atoms with Crippen LogP contribution in [0.2, 0.25) is 0 Å². The average Bonchev–Trinajstić information content (AvgIpc) is 2.36. The summed E-state index contributed by atoms with van der Waals surface area (Å²) < 4.78 is 13.6. The van der Waals surface area contributed by atoms with Crippen LogP contribution in [0.5, 0.6) is 0 Å². The fourth-order valence-electron chi connectivity index (χ4n) is 1.51. The summed E-state index contributed by atoms with van der Waals surface area (Å²) >= 11 is 3.08. The van der Waals surface area contributed by atoms with Crippen LogP contribution in [0.3, 0.4) is 0 Å². The Balaban J connectivity index is 2.24. The van der Waals surface area contributed by atoms with Gasteiger partial charge in [0.2, 0.25) is 0 Å². The van der Waals surface area contributed by atoms with Crippen molar-refractivity contribution in [2.75, 3.05) is 11.1 Å². The molecule has 0 fully saturated rings. The molecule has 0 saturated heterocycles. The smallest absolute Gasteiger partial charge is 0.274 e. The third-order valence-corrected chi connectivity index (χ3v) is 3.14. The zero-order valence-corrected chi connectivity index (χ0v) is 11.7. The lowest BCUT2D eigenvalue weighted by molar-refractivity contribution is 0.102. The zero-order valence-electron chi connectivity index (χ0n) is 10.1. The molecule has 19 heavy (non-hydrogen) atoms. The maximum atomic E-state index is 13.3. The number of carbonyl (C=O) groups excluding carboxylic acids is 1. The largest absolute Gasteiger partial charge is 0.397 e. The van der Waals surface area contributed by atoms with Gasteiger partial charge >= 0.3 is 0 Å². The molecule has 0 unspecified atom stereocenters. The van der Waals surface area contributed by atoms with Gasteiger partial charge in [0.05, 0.1) is 16.4 Å². The minimum Gasteiger partial charge on any atom is -0.397 e. The lowest BCUT2D eigenvalue weighted by Gasteiger charge is -2.09. The predicted octanol–water partition coefficient (Wildman–Crippen LogP) is 3.13. The van der Waals surface area contributed by atoms with Gasteiger partial charge in [0.25, 0.3) is 5.91 Å². The number of benzene rings is 1. The van der Waals surface area contributed by atoms with Crippen LogP contribution in [0.15, 0.2) is 34.9 Å². The number of pyridine rings is 1. The number of carbonyl (C=O) groups is 1. The highest BCUT2D eigenvalue weighted by Crippen LogP contribution is 2.24. The molecule has 0 spiro atoms. The summed E-state index contributed by atoms with van der Waals surface area (Å²) in [7, 11) is 0. The Morgan fingerprint density at radius 1 is 1.42 bits per heavy atom. The van der Waals surface area contributed by atoms with Gasteiger partial charge < -0.3 is 11.1 Å². The average molecular weight is 324 g/mol. The first kappa shape index (κ1) is 13.5. The summed E-state index contributed by atoms with van der Waals surface area (Å²) in [5.74, 6) is -0.747. The van der Waals surface area contributed by atoms with E-state index in [1.165, 1.54) is 24.4 Å². The number of halogens is 2. The van der Waals surface area contributed by atoms with Crippen molar-refractivity contribution < 1.29 is 9.18 Å². The van der Waals surface area contributed by atoms with E-state index in [0.717, 1.165) is 0 Å². The van der Waals surface area contributed by atoms with Crippen molar-refractivity contribution in [2.24, 2.45) is 0 Å². The molecule has 0 aliphatic heterocycles. The Bertz CT molecular complexity index is 629. The van der Waals surface area contributed by atoms with Gasteiger partial charge in [-0.1, -0.05) is 0 Å². The van der Waals surface area contributed by atoms with Crippen molar-refractivity contribution in [3.05, 3.63) is 52.0 Å². The normalized spacial score (nSPS) is 10.3. The first-order valence-corrected chi connectivity index (χ1v) is 6.25. The zero-order chi connectivity index (χ0) is 14.0. The number of nitrogens with two attached hydrogens (primary N) is 1. The van der Waals surface area contributed by atoms with E-state index in [9.17, 15) is 9.18 Å². The quantitative estimate of drug-likeness (QED) is 0.892. The number of hydrogen-bond donors (Lipinski definition) is 2. The van der Waals surface area contributed by atoms with E-state index in [2.05, 4.69) is 26.2 Å². The van der Waals surface area contributed by atoms with Crippen LogP contribution >= 0.6 is 15.9 Å². The molecule has 4 nitrogen and oxygen atoms in total. The minimum absolute atomic E-state index is 0.244. The summed E-state index contributed by atoms with van der Waals surface area (Å²) in [6.07, 6.45) is 1.41. The molecule has 0 atom stereocenters. The van der Waals surface area contributed by atoms with E-state index < -0.39 is 0 Å². The lowest BCUT2D eigenvalue weighted by atomic mass is 10.2. The van der Waals surface area contributed by atoms with Gasteiger partial charge in [-0.05, 0) is 52.7 Å². The second kappa shape index (κ2) is 5.36. The van der Waals surface area contributed by atoms with Crippen molar-refractivity contribution in [1.29, 1.82) is 0 Å². The molecule has 0 bridgehead atoms. The Morgan fingerprint density at radius 3 is 2.79 bits per heavy atom. The Morgan fingerprint density at radius 2 is 2.16 bits per heavy atom. The van der Waals surface area contributed by atoms with Gasteiger partial charge in [0, 0.05) is 5.69 Å². The van der Waals surface area contributed by atoms with E-state index >= 15 is 0 Å². The predicted molar refractivity (Wildman–Crippen MR) is 75.4 cm³/mol. The fourth-order valence-corrected chi connectivity index (χ4v) is 1.85. The molecule has 2 aromatic rings. The standard InChI is InChI=1S/C13H11BrFN3O/c1-7-4-10(15)9(14)5-12(7)18-13(19)11-3-2-8(16)6-17-11/h2-6H,16H2,1H3,(H,18,19). The van der Waals surface area contributed by atoms with Crippen molar-refractivity contribution in [1.82, 2.24) is 4.98 Å². The number of nitrogens with one attached hydrogen (secondary N) is 1. The number of hydrogen-bond acceptors (Lipinski definition) is 3. The van der Waals surface area contributed by atoms with Gasteiger partial charge in [0.1, 0.15) is 11.5 Å². The molecule has 3 N–H and O–H groups in total. The van der Waals surface area contributed by atoms with Crippen LogP contribution in [-0.2, 0) is 0 Å². The van der Waals surface area contributed by atoms with Crippen LogP contribution in [0.1, 0.15) is 16.1 Å². The molecule has 1 heterocycles. The van der Waals surface area contributed by atoms with Crippen LogP contribution in [0.4, 0.5) is 15.8 Å². The highest BCUT2D eigenvalue weighted by Gasteiger charge is 2.11. The molecule has 98 valence electrons. The molecule has 6 heteroatoms. The highest BCUT2D eigenvalue weighted by atomic mass is 79.9. The Kier molecular flexibility index (Phi) is 3.80. The van der Waals surface area contributed by atoms with Crippen molar-refractivity contribution >= 4 is 33.2 Å². The van der Waals surface area contributed by atoms with Crippen molar-refractivity contribution in [3.63, 3.8) is 0 Å². The van der Waals surface area contributed by atoms with Crippen LogP contribution in [0, 0.1) is 12.7 Å². The molecule has 0 aliphatic carbocycles. The molecule has 2 rings (SSSR count). The number of anilines is 2. The van der Waals surface area contributed by atoms with Crippen LogP contribution in [0.25, 0.3) is 0 Å². The van der Waals surface area contributed by atoms with E-state index in [-0.39, 0.29) is 17.4 Å². The van der Waals surface area contributed by atoms with E-state index in [0.29, 0.717) is 21.4 Å². The summed E-state index contributed by atoms with van der Waals surface area (Å²) in [5.41, 5.74) is 7.38. The minimum atomic E-state index is -0.374. The van der Waals surface area contributed by atoms with E-state index in [1.807, 2.05) is 0 Å². The topological polar surface area (TPSA) is 68.0 Å². The second-order valence-corrected chi connectivity index (χ2v) is 4.87. The molecule has 0 radical (unpaired) electrons. The lowest BCUT2D eigenvalue weighted by Crippen LogP contribution is -2.14. The molecule has 0 saturated carbocycles. The molecule has 1 amide bonds. The van der Waals surface area contributed by atoms with Gasteiger partial charge in [-0.3, -0.25) is 4.79 Å². The van der Waals surface area contributed by atoms with Crippen molar-refractivity contribution in [2.45, 2.75) is 6.92 Å². The first-order chi connectivity index (χ1) is 8.97. The second-order valence-electron chi connectivity index (χ2n) is 4.01. The number of amides is 1. The monoisotopic (exact) mass is 323 g/mol. The van der Waals surface area contributed by atoms with E-state index in [1.54, 1.807) is 13.0 Å². The van der Waals surface area contributed by atoms with Crippen molar-refractivity contribution in [3.8, 4) is 0 Å². The van der Waals surface area contributed by atoms with Gasteiger partial charge in [-0.25, -0.2) is 9.37 Å².